The molecule has 4 N–H and O–H groups in total. The Morgan fingerprint density at radius 3 is 1.67 bits per heavy atom. The van der Waals surface area contributed by atoms with Gasteiger partial charge in [0.05, 0.1) is 46.0 Å². The van der Waals surface area contributed by atoms with Crippen molar-refractivity contribution in [3.63, 3.8) is 0 Å². The molecule has 4 aromatic rings. The number of anilines is 2. The minimum absolute atomic E-state index is 0.251. The highest BCUT2D eigenvalue weighted by molar-refractivity contribution is 6.32. The summed E-state index contributed by atoms with van der Waals surface area (Å²) in [5.41, 5.74) is 22.4. The van der Waals surface area contributed by atoms with Crippen LogP contribution in [0.2, 0.25) is 10.0 Å². The Morgan fingerprint density at radius 2 is 1.17 bits per heavy atom. The average Bonchev–Trinajstić information content (AvgIpc) is 3.30. The van der Waals surface area contributed by atoms with E-state index in [1.807, 2.05) is 57.3 Å². The van der Waals surface area contributed by atoms with Gasteiger partial charge in [-0.15, -0.1) is 0 Å². The van der Waals surface area contributed by atoms with E-state index in [1.165, 1.54) is 72.0 Å². The molecule has 9 heteroatoms. The first-order valence-corrected chi connectivity index (χ1v) is 27.2. The molecule has 0 bridgehead atoms. The highest BCUT2D eigenvalue weighted by Gasteiger charge is 2.36. The number of aryl methyl sites for hydroxylation is 2. The van der Waals surface area contributed by atoms with E-state index in [2.05, 4.69) is 146 Å². The number of ether oxygens (including phenoxy) is 1. The van der Waals surface area contributed by atoms with Crippen molar-refractivity contribution in [3.05, 3.63) is 186 Å². The van der Waals surface area contributed by atoms with Crippen molar-refractivity contribution in [3.8, 4) is 0 Å². The summed E-state index contributed by atoms with van der Waals surface area (Å²) < 4.78 is 6.51. The third-order valence-corrected chi connectivity index (χ3v) is 15.5. The number of carbonyl (C=O) groups excluding carboxylic acids is 1. The van der Waals surface area contributed by atoms with Gasteiger partial charge < -0.3 is 20.9 Å². The van der Waals surface area contributed by atoms with Crippen molar-refractivity contribution < 1.29 is 14.6 Å². The highest BCUT2D eigenvalue weighted by atomic mass is 35.5. The van der Waals surface area contributed by atoms with Gasteiger partial charge in [-0.05, 0) is 197 Å². The molecule has 2 aromatic heterocycles. The zero-order valence-corrected chi connectivity index (χ0v) is 49.3. The summed E-state index contributed by atoms with van der Waals surface area (Å²) in [6.07, 6.45) is 36.7. The number of nitrogens with zero attached hydrogens (tertiary/aromatic N) is 2. The second-order valence-corrected chi connectivity index (χ2v) is 23.9. The molecule has 0 fully saturated rings. The molecule has 0 spiro atoms. The largest absolute Gasteiger partial charge is 0.397 e. The monoisotopic (exact) mass is 1050 g/mol. The lowest BCUT2D eigenvalue weighted by atomic mass is 9.72. The predicted octanol–water partition coefficient (Wildman–Crippen LogP) is 18.5. The summed E-state index contributed by atoms with van der Waals surface area (Å²) in [7, 11) is 0. The van der Waals surface area contributed by atoms with E-state index in [0.717, 1.165) is 66.6 Å². The Labute approximate surface area is 459 Å². The Kier molecular flexibility index (Phi) is 20.5. The number of hydrogen-bond acceptors (Lipinski definition) is 7. The Balaban J connectivity index is 0.000000231. The number of nitrogens with two attached hydrogens (primary N) is 1. The number of fused-ring (bicyclic) bond motifs is 4. The van der Waals surface area contributed by atoms with Gasteiger partial charge in [-0.3, -0.25) is 14.8 Å². The minimum Gasteiger partial charge on any atom is -0.397 e. The van der Waals surface area contributed by atoms with E-state index in [0.29, 0.717) is 16.3 Å². The van der Waals surface area contributed by atoms with Gasteiger partial charge in [-0.1, -0.05) is 140 Å². The lowest BCUT2D eigenvalue weighted by molar-refractivity contribution is -0.104. The van der Waals surface area contributed by atoms with Gasteiger partial charge in [0.15, 0.2) is 0 Å². The predicted molar refractivity (Wildman–Crippen MR) is 322 cm³/mol. The smallest absolute Gasteiger partial charge is 0.148 e. The lowest BCUT2D eigenvalue weighted by Crippen LogP contribution is -2.38. The molecule has 0 saturated heterocycles. The molecule has 7 nitrogen and oxygen atoms in total. The number of rotatable bonds is 11. The molecule has 0 amide bonds. The SMILES string of the molecule is CC1=C(/C=C/C(C)=C/C=C/C(C)=C/C2Nc3cnc4ccc(Cl)c(C)c4c3C(C)(C)O2)C(C)(C)CCC1.CC1=C(/C=C/C(C)=C/C=C/C(C)=C/C=O)C(C)(C)CCC1.Cc1c(Cl)ccc2ncc(N)c(C(C)(C)O)c12. The zero-order valence-electron chi connectivity index (χ0n) is 47.8. The maximum Gasteiger partial charge on any atom is 0.148 e. The lowest BCUT2D eigenvalue weighted by Gasteiger charge is -2.39. The second kappa shape index (κ2) is 25.5. The summed E-state index contributed by atoms with van der Waals surface area (Å²) in [4.78, 5) is 19.3. The molecule has 75 heavy (non-hydrogen) atoms. The maximum absolute atomic E-state index is 10.3. The molecule has 0 radical (unpaired) electrons. The molecule has 3 heterocycles. The Hall–Kier alpha value is -5.57. The first-order valence-electron chi connectivity index (χ1n) is 26.4. The number of hydrogen-bond donors (Lipinski definition) is 3. The van der Waals surface area contributed by atoms with Gasteiger partial charge >= 0.3 is 0 Å². The molecule has 1 aliphatic heterocycles. The number of halogens is 2. The van der Waals surface area contributed by atoms with Crippen molar-refractivity contribution in [1.82, 2.24) is 9.97 Å². The van der Waals surface area contributed by atoms with Crippen LogP contribution in [-0.2, 0) is 20.7 Å². The number of benzene rings is 2. The topological polar surface area (TPSA) is 110 Å². The van der Waals surface area contributed by atoms with Crippen molar-refractivity contribution >= 4 is 62.7 Å². The number of aldehydes is 1. The second-order valence-electron chi connectivity index (χ2n) is 23.0. The van der Waals surface area contributed by atoms with Crippen molar-refractivity contribution in [1.29, 1.82) is 0 Å². The molecule has 0 saturated carbocycles. The van der Waals surface area contributed by atoms with Crippen LogP contribution in [0.1, 0.15) is 158 Å². The third kappa shape index (κ3) is 15.8. The fourth-order valence-electron chi connectivity index (χ4n) is 10.6. The highest BCUT2D eigenvalue weighted by Crippen LogP contribution is 2.45. The van der Waals surface area contributed by atoms with Crippen LogP contribution in [0, 0.1) is 24.7 Å². The summed E-state index contributed by atoms with van der Waals surface area (Å²) in [5.74, 6) is 0. The van der Waals surface area contributed by atoms with Crippen LogP contribution in [0.3, 0.4) is 0 Å². The molecule has 1 atom stereocenters. The molecule has 1 unspecified atom stereocenters. The molecular weight excluding hydrogens is 968 g/mol. The summed E-state index contributed by atoms with van der Waals surface area (Å²) in [5, 5.41) is 17.1. The number of nitrogen functional groups attached to an aromatic ring is 1. The van der Waals surface area contributed by atoms with Crippen molar-refractivity contribution in [2.24, 2.45) is 10.8 Å². The van der Waals surface area contributed by atoms with E-state index >= 15 is 0 Å². The van der Waals surface area contributed by atoms with Gasteiger partial charge in [-0.2, -0.15) is 0 Å². The average molecular weight is 1050 g/mol. The normalized spacial score (nSPS) is 19.4. The first-order chi connectivity index (χ1) is 35.1. The van der Waals surface area contributed by atoms with Crippen LogP contribution in [-0.4, -0.2) is 27.6 Å². The molecule has 400 valence electrons. The van der Waals surface area contributed by atoms with Gasteiger partial charge in [0.1, 0.15) is 12.5 Å². The van der Waals surface area contributed by atoms with Gasteiger partial charge in [0.25, 0.3) is 0 Å². The Bertz CT molecular complexity index is 3080. The van der Waals surface area contributed by atoms with E-state index in [1.54, 1.807) is 32.2 Å². The maximum atomic E-state index is 10.3. The van der Waals surface area contributed by atoms with Crippen LogP contribution in [0.25, 0.3) is 21.8 Å². The van der Waals surface area contributed by atoms with E-state index in [-0.39, 0.29) is 17.1 Å². The summed E-state index contributed by atoms with van der Waals surface area (Å²) in [6, 6.07) is 7.52. The van der Waals surface area contributed by atoms with Crippen LogP contribution in [0.4, 0.5) is 11.4 Å². The van der Waals surface area contributed by atoms with Crippen LogP contribution in [0.15, 0.2) is 154 Å². The van der Waals surface area contributed by atoms with Gasteiger partial charge in [0, 0.05) is 31.9 Å². The summed E-state index contributed by atoms with van der Waals surface area (Å²) in [6.45, 7) is 33.8. The standard InChI is InChI=1S/C33H41ClN2O.C20H28O.C13H15ClN2O/c1-21(14-15-25-23(3)13-10-18-32(25,5)6)11-9-12-22(2)19-29-36-28-20-35-27-17-16-26(34)24(4)30(27)31(28)33(7,8)37-29;1-16(8-6-9-17(2)13-15-21)11-12-19-18(3)10-7-14-20(19,4)5;1-7-8(14)4-5-10-11(7)12(13(2,3)17)9(15)6-16-10/h9,11-12,14-17,19-20,29,36H,10,13,18H2,1-8H3;6,8-9,11-13,15H,7,10,14H2,1-5H3;4-6,17H,15H2,1-3H3/b12-9+,15-14+,21-11+,22-19+;9-6+,12-11+,16-8+,17-13+;. The number of carbonyl (C=O) groups is 1. The molecule has 7 rings (SSSR count). The zero-order chi connectivity index (χ0) is 55.6. The number of aliphatic hydroxyl groups is 1. The number of aromatic nitrogens is 2. The number of nitrogens with one attached hydrogen (secondary N) is 1. The van der Waals surface area contributed by atoms with Crippen LogP contribution < -0.4 is 11.1 Å². The van der Waals surface area contributed by atoms with Gasteiger partial charge in [0.2, 0.25) is 0 Å². The van der Waals surface area contributed by atoms with Crippen LogP contribution >= 0.6 is 23.2 Å². The molecule has 2 aromatic carbocycles. The minimum atomic E-state index is -1.03. The van der Waals surface area contributed by atoms with Crippen molar-refractivity contribution in [2.75, 3.05) is 11.1 Å². The van der Waals surface area contributed by atoms with Crippen molar-refractivity contribution in [2.45, 2.75) is 167 Å². The van der Waals surface area contributed by atoms with Crippen LogP contribution in [0.5, 0.6) is 0 Å². The Morgan fingerprint density at radius 1 is 0.707 bits per heavy atom. The number of allylic oxidation sites excluding steroid dienone is 19. The quantitative estimate of drug-likeness (QED) is 0.0780. The van der Waals surface area contributed by atoms with E-state index in [4.69, 9.17) is 33.7 Å². The van der Waals surface area contributed by atoms with Gasteiger partial charge in [-0.25, -0.2) is 0 Å². The number of pyridine rings is 2. The fraction of sp³-hybridized carbons (Fsp3) is 0.409. The fourth-order valence-corrected chi connectivity index (χ4v) is 10.9. The summed E-state index contributed by atoms with van der Waals surface area (Å²) >= 11 is 12.6. The molecule has 3 aliphatic rings. The van der Waals surface area contributed by atoms with E-state index < -0.39 is 11.2 Å². The molecular formula is C66H84Cl2N4O3. The molecule has 2 aliphatic carbocycles. The van der Waals surface area contributed by atoms with E-state index in [9.17, 15) is 9.90 Å². The third-order valence-electron chi connectivity index (χ3n) is 14.7. The first kappa shape index (κ1) is 60.3.